The topological polar surface area (TPSA) is 75.1 Å². The summed E-state index contributed by atoms with van der Waals surface area (Å²) >= 11 is 6.99. The summed E-state index contributed by atoms with van der Waals surface area (Å²) in [5.74, 6) is 0.490. The Hall–Kier alpha value is -1.86. The second-order valence-corrected chi connectivity index (χ2v) is 4.89. The third kappa shape index (κ3) is 2.22. The molecule has 0 amide bonds. The molecule has 92 valence electrons. The molecule has 6 nitrogen and oxygen atoms in total. The van der Waals surface area contributed by atoms with E-state index in [4.69, 9.17) is 11.6 Å². The average Bonchev–Trinajstić information content (AvgIpc) is 2.92. The lowest BCUT2D eigenvalue weighted by Crippen LogP contribution is -2.04. The molecule has 0 saturated carbocycles. The molecule has 3 heterocycles. The van der Waals surface area contributed by atoms with Crippen LogP contribution in [0.15, 0.2) is 28.5 Å². The Bertz CT molecular complexity index is 746. The van der Waals surface area contributed by atoms with Crippen LogP contribution < -0.4 is 10.2 Å². The molecule has 0 spiro atoms. The molecule has 0 aliphatic heterocycles. The molecular formula is C10H8ClN5OS. The predicted molar refractivity (Wildman–Crippen MR) is 70.3 cm³/mol. The van der Waals surface area contributed by atoms with Crippen LogP contribution >= 0.6 is 22.9 Å². The van der Waals surface area contributed by atoms with Crippen LogP contribution in [0.3, 0.4) is 0 Å². The molecule has 2 N–H and O–H groups in total. The Balaban J connectivity index is 1.80. The minimum absolute atomic E-state index is 0.0680. The van der Waals surface area contributed by atoms with E-state index in [-0.39, 0.29) is 4.87 Å². The van der Waals surface area contributed by atoms with Crippen molar-refractivity contribution in [3.05, 3.63) is 44.1 Å². The van der Waals surface area contributed by atoms with Crippen LogP contribution in [-0.4, -0.2) is 19.6 Å². The Morgan fingerprint density at radius 2 is 2.39 bits per heavy atom. The number of halogens is 1. The first kappa shape index (κ1) is 11.2. The van der Waals surface area contributed by atoms with Crippen LogP contribution in [0.5, 0.6) is 0 Å². The highest BCUT2D eigenvalue weighted by atomic mass is 35.5. The SMILES string of the molecule is O=c1[nH]c(CNc2nc3ccc(Cl)cn3n2)cs1. The number of thiazole rings is 1. The van der Waals surface area contributed by atoms with Crippen LogP contribution in [-0.2, 0) is 6.54 Å². The van der Waals surface area contributed by atoms with Crippen molar-refractivity contribution in [2.24, 2.45) is 0 Å². The summed E-state index contributed by atoms with van der Waals surface area (Å²) in [6.07, 6.45) is 1.68. The molecule has 0 aromatic carbocycles. The van der Waals surface area contributed by atoms with Gasteiger partial charge < -0.3 is 10.3 Å². The van der Waals surface area contributed by atoms with Gasteiger partial charge in [-0.15, -0.1) is 5.10 Å². The van der Waals surface area contributed by atoms with Crippen LogP contribution in [0.2, 0.25) is 5.02 Å². The molecule has 0 aliphatic rings. The van der Waals surface area contributed by atoms with E-state index in [9.17, 15) is 4.79 Å². The average molecular weight is 282 g/mol. The molecule has 8 heteroatoms. The van der Waals surface area contributed by atoms with E-state index in [1.807, 2.05) is 0 Å². The van der Waals surface area contributed by atoms with Gasteiger partial charge >= 0.3 is 4.87 Å². The lowest BCUT2D eigenvalue weighted by molar-refractivity contribution is 0.943. The van der Waals surface area contributed by atoms with Crippen LogP contribution in [0.4, 0.5) is 5.95 Å². The van der Waals surface area contributed by atoms with Gasteiger partial charge in [-0.25, -0.2) is 4.52 Å². The van der Waals surface area contributed by atoms with Crippen LogP contribution in [0.25, 0.3) is 5.65 Å². The van der Waals surface area contributed by atoms with E-state index < -0.39 is 0 Å². The summed E-state index contributed by atoms with van der Waals surface area (Å²) < 4.78 is 1.60. The molecule has 0 aliphatic carbocycles. The van der Waals surface area contributed by atoms with Crippen LogP contribution in [0.1, 0.15) is 5.69 Å². The molecule has 3 aromatic heterocycles. The van der Waals surface area contributed by atoms with Gasteiger partial charge in [0.05, 0.1) is 11.6 Å². The first-order valence-electron chi connectivity index (χ1n) is 5.13. The third-order valence-electron chi connectivity index (χ3n) is 2.30. The highest BCUT2D eigenvalue weighted by Crippen LogP contribution is 2.11. The van der Waals surface area contributed by atoms with E-state index in [1.165, 1.54) is 0 Å². The Morgan fingerprint density at radius 1 is 1.50 bits per heavy atom. The first-order chi connectivity index (χ1) is 8.70. The van der Waals surface area contributed by atoms with Crippen molar-refractivity contribution in [3.8, 4) is 0 Å². The largest absolute Gasteiger partial charge is 0.347 e. The van der Waals surface area contributed by atoms with Crippen molar-refractivity contribution in [2.75, 3.05) is 5.32 Å². The quantitative estimate of drug-likeness (QED) is 0.767. The number of anilines is 1. The Morgan fingerprint density at radius 3 is 3.17 bits per heavy atom. The van der Waals surface area contributed by atoms with Gasteiger partial charge in [0.2, 0.25) is 5.95 Å². The van der Waals surface area contributed by atoms with E-state index in [0.717, 1.165) is 17.0 Å². The maximum Gasteiger partial charge on any atom is 0.304 e. The molecule has 0 fully saturated rings. The fraction of sp³-hybridized carbons (Fsp3) is 0.100. The summed E-state index contributed by atoms with van der Waals surface area (Å²) in [5.41, 5.74) is 1.52. The number of rotatable bonds is 3. The second-order valence-electron chi connectivity index (χ2n) is 3.61. The summed E-state index contributed by atoms with van der Waals surface area (Å²) in [4.78, 5) is 17.9. The van der Waals surface area contributed by atoms with Crippen molar-refractivity contribution in [2.45, 2.75) is 6.54 Å². The zero-order chi connectivity index (χ0) is 12.5. The van der Waals surface area contributed by atoms with Crippen molar-refractivity contribution in [3.63, 3.8) is 0 Å². The van der Waals surface area contributed by atoms with E-state index in [0.29, 0.717) is 23.2 Å². The summed E-state index contributed by atoms with van der Waals surface area (Å²) in [7, 11) is 0. The van der Waals surface area contributed by atoms with Gasteiger partial charge in [-0.05, 0) is 12.1 Å². The highest BCUT2D eigenvalue weighted by Gasteiger charge is 2.04. The number of fused-ring (bicyclic) bond motifs is 1. The number of nitrogens with zero attached hydrogens (tertiary/aromatic N) is 3. The van der Waals surface area contributed by atoms with Crippen molar-refractivity contribution in [1.82, 2.24) is 19.6 Å². The summed E-state index contributed by atoms with van der Waals surface area (Å²) in [5, 5.41) is 9.61. The third-order valence-corrected chi connectivity index (χ3v) is 3.24. The molecule has 18 heavy (non-hydrogen) atoms. The van der Waals surface area contributed by atoms with Crippen molar-refractivity contribution in [1.29, 1.82) is 0 Å². The first-order valence-corrected chi connectivity index (χ1v) is 6.39. The molecule has 0 bridgehead atoms. The van der Waals surface area contributed by atoms with Gasteiger partial charge in [-0.2, -0.15) is 4.98 Å². The van der Waals surface area contributed by atoms with Crippen molar-refractivity contribution >= 4 is 34.5 Å². The monoisotopic (exact) mass is 281 g/mol. The summed E-state index contributed by atoms with van der Waals surface area (Å²) in [6, 6.07) is 3.54. The molecule has 0 radical (unpaired) electrons. The highest BCUT2D eigenvalue weighted by molar-refractivity contribution is 7.07. The number of aromatic amines is 1. The fourth-order valence-corrected chi connectivity index (χ4v) is 2.24. The number of nitrogens with one attached hydrogen (secondary N) is 2. The lowest BCUT2D eigenvalue weighted by atomic mass is 10.5. The van der Waals surface area contributed by atoms with E-state index in [2.05, 4.69) is 20.4 Å². The number of H-pyrrole nitrogens is 1. The van der Waals surface area contributed by atoms with E-state index >= 15 is 0 Å². The number of aromatic nitrogens is 4. The Labute approximate surface area is 110 Å². The van der Waals surface area contributed by atoms with Gasteiger partial charge in [-0.1, -0.05) is 22.9 Å². The van der Waals surface area contributed by atoms with Gasteiger partial charge in [0.25, 0.3) is 0 Å². The summed E-state index contributed by atoms with van der Waals surface area (Å²) in [6.45, 7) is 0.476. The molecule has 3 aromatic rings. The number of hydrogen-bond acceptors (Lipinski definition) is 5. The standard InChI is InChI=1S/C10H8ClN5OS/c11-6-1-2-8-14-9(15-16(8)4-6)12-3-7-5-18-10(17)13-7/h1-2,4-5H,3H2,(H,12,15)(H,13,17). The molecular weight excluding hydrogens is 274 g/mol. The lowest BCUT2D eigenvalue weighted by Gasteiger charge is -1.96. The van der Waals surface area contributed by atoms with E-state index in [1.54, 1.807) is 28.2 Å². The number of hydrogen-bond donors (Lipinski definition) is 2. The second kappa shape index (κ2) is 4.43. The van der Waals surface area contributed by atoms with Crippen LogP contribution in [0, 0.1) is 0 Å². The maximum atomic E-state index is 11.0. The minimum Gasteiger partial charge on any atom is -0.347 e. The zero-order valence-electron chi connectivity index (χ0n) is 9.05. The molecule has 3 rings (SSSR count). The Kier molecular flexibility index (Phi) is 2.77. The zero-order valence-corrected chi connectivity index (χ0v) is 10.6. The number of pyridine rings is 1. The van der Waals surface area contributed by atoms with Crippen molar-refractivity contribution < 1.29 is 0 Å². The van der Waals surface area contributed by atoms with Gasteiger partial charge in [0, 0.05) is 17.3 Å². The molecule has 0 atom stereocenters. The maximum absolute atomic E-state index is 11.0. The molecule has 0 saturated heterocycles. The van der Waals surface area contributed by atoms with Gasteiger partial charge in [0.1, 0.15) is 0 Å². The normalized spacial score (nSPS) is 10.9. The van der Waals surface area contributed by atoms with Gasteiger partial charge in [0.15, 0.2) is 5.65 Å². The fourth-order valence-electron chi connectivity index (χ4n) is 1.51. The van der Waals surface area contributed by atoms with Gasteiger partial charge in [-0.3, -0.25) is 4.79 Å². The molecule has 0 unspecified atom stereocenters. The minimum atomic E-state index is -0.0680. The smallest absolute Gasteiger partial charge is 0.304 e. The predicted octanol–water partition coefficient (Wildman–Crippen LogP) is 1.74.